The highest BCUT2D eigenvalue weighted by Crippen LogP contribution is 2.21. The molecule has 3 rings (SSSR count). The molecule has 100 valence electrons. The second-order valence-corrected chi connectivity index (χ2v) is 4.90. The molecule has 1 N–H and O–H groups in total. The van der Waals surface area contributed by atoms with Gasteiger partial charge in [0.2, 0.25) is 0 Å². The molecule has 0 aliphatic rings. The van der Waals surface area contributed by atoms with Crippen LogP contribution in [0.4, 0.5) is 0 Å². The van der Waals surface area contributed by atoms with Gasteiger partial charge in [-0.2, -0.15) is 0 Å². The second kappa shape index (κ2) is 4.98. The molecule has 0 saturated carbocycles. The Morgan fingerprint density at radius 2 is 2.15 bits per heavy atom. The first kappa shape index (κ1) is 12.7. The van der Waals surface area contributed by atoms with Crippen LogP contribution in [-0.2, 0) is 6.54 Å². The fraction of sp³-hybridized carbons (Fsp3) is 0.0667. The van der Waals surface area contributed by atoms with E-state index in [4.69, 9.17) is 16.7 Å². The van der Waals surface area contributed by atoms with Crippen LogP contribution in [0.1, 0.15) is 15.9 Å². The van der Waals surface area contributed by atoms with Crippen LogP contribution in [0.15, 0.2) is 48.9 Å². The molecule has 0 fully saturated rings. The van der Waals surface area contributed by atoms with Crippen LogP contribution in [-0.4, -0.2) is 20.6 Å². The Balaban J connectivity index is 2.01. The Labute approximate surface area is 120 Å². The molecule has 1 aromatic carbocycles. The van der Waals surface area contributed by atoms with Crippen LogP contribution in [0.25, 0.3) is 10.9 Å². The minimum Gasteiger partial charge on any atom is -0.478 e. The van der Waals surface area contributed by atoms with E-state index < -0.39 is 5.97 Å². The lowest BCUT2D eigenvalue weighted by Gasteiger charge is -2.07. The van der Waals surface area contributed by atoms with Gasteiger partial charge in [-0.1, -0.05) is 11.6 Å². The average Bonchev–Trinajstić information content (AvgIpc) is 2.84. The van der Waals surface area contributed by atoms with E-state index in [1.165, 1.54) is 0 Å². The number of fused-ring (bicyclic) bond motifs is 1. The van der Waals surface area contributed by atoms with Gasteiger partial charge in [0.15, 0.2) is 0 Å². The van der Waals surface area contributed by atoms with E-state index in [9.17, 15) is 4.79 Å². The van der Waals surface area contributed by atoms with Crippen LogP contribution in [0.3, 0.4) is 0 Å². The van der Waals surface area contributed by atoms with Crippen LogP contribution in [0.5, 0.6) is 0 Å². The fourth-order valence-electron chi connectivity index (χ4n) is 2.19. The maximum Gasteiger partial charge on any atom is 0.335 e. The molecule has 20 heavy (non-hydrogen) atoms. The molecule has 0 aliphatic heterocycles. The lowest BCUT2D eigenvalue weighted by Crippen LogP contribution is -2.00. The molecule has 0 bridgehead atoms. The van der Waals surface area contributed by atoms with Crippen LogP contribution >= 0.6 is 11.6 Å². The van der Waals surface area contributed by atoms with Gasteiger partial charge in [-0.15, -0.1) is 0 Å². The van der Waals surface area contributed by atoms with Crippen molar-refractivity contribution in [3.63, 3.8) is 0 Å². The summed E-state index contributed by atoms with van der Waals surface area (Å²) in [5.74, 6) is -0.920. The van der Waals surface area contributed by atoms with Crippen LogP contribution < -0.4 is 0 Å². The van der Waals surface area contributed by atoms with Crippen molar-refractivity contribution >= 4 is 28.5 Å². The third-order valence-electron chi connectivity index (χ3n) is 3.22. The van der Waals surface area contributed by atoms with E-state index in [1.54, 1.807) is 24.5 Å². The first-order valence-electron chi connectivity index (χ1n) is 6.06. The molecule has 2 aromatic heterocycles. The van der Waals surface area contributed by atoms with Gasteiger partial charge in [-0.3, -0.25) is 4.98 Å². The first-order valence-corrected chi connectivity index (χ1v) is 6.43. The molecule has 0 atom stereocenters. The van der Waals surface area contributed by atoms with Gasteiger partial charge in [0.25, 0.3) is 0 Å². The van der Waals surface area contributed by atoms with Crippen molar-refractivity contribution in [3.05, 3.63) is 65.1 Å². The summed E-state index contributed by atoms with van der Waals surface area (Å²) >= 11 is 6.11. The number of aromatic carboxylic acids is 1. The summed E-state index contributed by atoms with van der Waals surface area (Å²) in [5.41, 5.74) is 2.24. The van der Waals surface area contributed by atoms with Crippen molar-refractivity contribution in [2.45, 2.75) is 6.54 Å². The number of nitrogens with zero attached hydrogens (tertiary/aromatic N) is 2. The highest BCUT2D eigenvalue weighted by molar-refractivity contribution is 6.31. The molecule has 0 amide bonds. The predicted octanol–water partition coefficient (Wildman–Crippen LogP) is 3.44. The number of carboxylic acids is 1. The molecule has 2 heterocycles. The van der Waals surface area contributed by atoms with Gasteiger partial charge < -0.3 is 9.67 Å². The Morgan fingerprint density at radius 1 is 1.30 bits per heavy atom. The van der Waals surface area contributed by atoms with Crippen molar-refractivity contribution in [3.8, 4) is 0 Å². The summed E-state index contributed by atoms with van der Waals surface area (Å²) in [6.45, 7) is 0.622. The molecule has 0 radical (unpaired) electrons. The van der Waals surface area contributed by atoms with E-state index in [-0.39, 0.29) is 5.56 Å². The highest BCUT2D eigenvalue weighted by Gasteiger charge is 2.08. The number of rotatable bonds is 3. The van der Waals surface area contributed by atoms with E-state index in [1.807, 2.05) is 29.0 Å². The number of pyridine rings is 1. The van der Waals surface area contributed by atoms with E-state index >= 15 is 0 Å². The second-order valence-electron chi connectivity index (χ2n) is 4.49. The van der Waals surface area contributed by atoms with Gasteiger partial charge in [-0.25, -0.2) is 4.79 Å². The Morgan fingerprint density at radius 3 is 2.90 bits per heavy atom. The van der Waals surface area contributed by atoms with Crippen molar-refractivity contribution in [2.24, 2.45) is 0 Å². The number of halogens is 1. The quantitative estimate of drug-likeness (QED) is 0.802. The number of aromatic nitrogens is 2. The van der Waals surface area contributed by atoms with Crippen LogP contribution in [0.2, 0.25) is 5.02 Å². The molecule has 0 spiro atoms. The molecular weight excluding hydrogens is 276 g/mol. The molecule has 0 unspecified atom stereocenters. The lowest BCUT2D eigenvalue weighted by atomic mass is 10.1. The van der Waals surface area contributed by atoms with E-state index in [0.717, 1.165) is 16.5 Å². The Hall–Kier alpha value is -2.33. The van der Waals surface area contributed by atoms with Gasteiger partial charge in [0.1, 0.15) is 0 Å². The number of hydrogen-bond donors (Lipinski definition) is 1. The largest absolute Gasteiger partial charge is 0.478 e. The number of hydrogen-bond acceptors (Lipinski definition) is 2. The number of carboxylic acid groups (broad SMARTS) is 1. The van der Waals surface area contributed by atoms with Crippen molar-refractivity contribution in [2.75, 3.05) is 0 Å². The lowest BCUT2D eigenvalue weighted by molar-refractivity contribution is 0.0697. The summed E-state index contributed by atoms with van der Waals surface area (Å²) in [7, 11) is 0. The molecular formula is C15H11ClN2O2. The molecule has 5 heteroatoms. The van der Waals surface area contributed by atoms with Crippen molar-refractivity contribution < 1.29 is 9.90 Å². The third-order valence-corrected chi connectivity index (χ3v) is 3.56. The number of benzene rings is 1. The Kier molecular flexibility index (Phi) is 3.16. The molecule has 0 saturated heterocycles. The van der Waals surface area contributed by atoms with E-state index in [0.29, 0.717) is 11.6 Å². The smallest absolute Gasteiger partial charge is 0.335 e. The first-order chi connectivity index (χ1) is 9.65. The summed E-state index contributed by atoms with van der Waals surface area (Å²) in [6.07, 6.45) is 5.24. The third kappa shape index (κ3) is 2.26. The molecule has 4 nitrogen and oxygen atoms in total. The predicted molar refractivity (Wildman–Crippen MR) is 77.2 cm³/mol. The maximum absolute atomic E-state index is 11.0. The summed E-state index contributed by atoms with van der Waals surface area (Å²) in [5, 5.41) is 10.5. The minimum absolute atomic E-state index is 0.289. The molecule has 3 aromatic rings. The fourth-order valence-corrected chi connectivity index (χ4v) is 2.37. The van der Waals surface area contributed by atoms with Gasteiger partial charge in [0.05, 0.1) is 10.6 Å². The van der Waals surface area contributed by atoms with Crippen LogP contribution in [0, 0.1) is 0 Å². The van der Waals surface area contributed by atoms with Gasteiger partial charge in [0, 0.05) is 36.0 Å². The van der Waals surface area contributed by atoms with Gasteiger partial charge in [-0.05, 0) is 35.9 Å². The summed E-state index contributed by atoms with van der Waals surface area (Å²) < 4.78 is 2.03. The molecule has 0 aliphatic carbocycles. The van der Waals surface area contributed by atoms with Crippen molar-refractivity contribution in [1.29, 1.82) is 0 Å². The van der Waals surface area contributed by atoms with Gasteiger partial charge >= 0.3 is 5.97 Å². The zero-order valence-electron chi connectivity index (χ0n) is 10.5. The topological polar surface area (TPSA) is 55.1 Å². The highest BCUT2D eigenvalue weighted by atomic mass is 35.5. The minimum atomic E-state index is -0.920. The number of carbonyl (C=O) groups is 1. The standard InChI is InChI=1S/C15H11ClN2O2/c16-13-8-17-5-3-12(13)9-18-6-4-10-7-11(15(19)20)1-2-14(10)18/h1-8H,9H2,(H,19,20). The average molecular weight is 287 g/mol. The zero-order valence-corrected chi connectivity index (χ0v) is 11.2. The zero-order chi connectivity index (χ0) is 14.1. The maximum atomic E-state index is 11.0. The monoisotopic (exact) mass is 286 g/mol. The van der Waals surface area contributed by atoms with E-state index in [2.05, 4.69) is 4.98 Å². The summed E-state index contributed by atoms with van der Waals surface area (Å²) in [4.78, 5) is 14.9. The summed E-state index contributed by atoms with van der Waals surface area (Å²) in [6, 6.07) is 8.86. The Bertz CT molecular complexity index is 795. The SMILES string of the molecule is O=C(O)c1ccc2c(ccn2Cc2ccncc2Cl)c1. The van der Waals surface area contributed by atoms with Crippen molar-refractivity contribution in [1.82, 2.24) is 9.55 Å². The normalized spacial score (nSPS) is 10.8.